The first kappa shape index (κ1) is 9.44. The van der Waals surface area contributed by atoms with Crippen molar-refractivity contribution in [2.45, 2.75) is 25.3 Å². The van der Waals surface area contributed by atoms with Gasteiger partial charge in [0.2, 0.25) is 0 Å². The van der Waals surface area contributed by atoms with Gasteiger partial charge in [0.15, 0.2) is 0 Å². The highest BCUT2D eigenvalue weighted by Gasteiger charge is 2.49. The van der Waals surface area contributed by atoms with Crippen molar-refractivity contribution in [3.8, 4) is 0 Å². The van der Waals surface area contributed by atoms with Gasteiger partial charge in [0, 0.05) is 31.8 Å². The maximum absolute atomic E-state index is 6.22. The molecule has 0 atom stereocenters. The zero-order chi connectivity index (χ0) is 9.31. The van der Waals surface area contributed by atoms with Crippen molar-refractivity contribution in [3.63, 3.8) is 0 Å². The molecule has 0 spiro atoms. The van der Waals surface area contributed by atoms with Crippen LogP contribution in [-0.4, -0.2) is 43.3 Å². The summed E-state index contributed by atoms with van der Waals surface area (Å²) in [6.45, 7) is 6.95. The van der Waals surface area contributed by atoms with Crippen LogP contribution >= 0.6 is 0 Å². The van der Waals surface area contributed by atoms with Crippen molar-refractivity contribution in [2.24, 2.45) is 11.7 Å². The van der Waals surface area contributed by atoms with Crippen molar-refractivity contribution in [1.29, 1.82) is 0 Å². The minimum absolute atomic E-state index is 0.173. The monoisotopic (exact) mass is 184 g/mol. The van der Waals surface area contributed by atoms with Gasteiger partial charge in [0.1, 0.15) is 0 Å². The highest BCUT2D eigenvalue weighted by atomic mass is 16.5. The number of hydrogen-bond acceptors (Lipinski definition) is 3. The minimum atomic E-state index is 0.173. The predicted octanol–water partition coefficient (Wildman–Crippen LogP) is 0.446. The van der Waals surface area contributed by atoms with E-state index in [9.17, 15) is 0 Å². The summed E-state index contributed by atoms with van der Waals surface area (Å²) in [5, 5.41) is 0. The summed E-state index contributed by atoms with van der Waals surface area (Å²) in [7, 11) is 0. The fourth-order valence-electron chi connectivity index (χ4n) is 2.20. The molecular weight excluding hydrogens is 164 g/mol. The van der Waals surface area contributed by atoms with Crippen molar-refractivity contribution < 1.29 is 4.74 Å². The van der Waals surface area contributed by atoms with E-state index in [-0.39, 0.29) is 5.54 Å². The Morgan fingerprint density at radius 3 is 2.69 bits per heavy atom. The van der Waals surface area contributed by atoms with Gasteiger partial charge in [0.05, 0.1) is 6.61 Å². The summed E-state index contributed by atoms with van der Waals surface area (Å²) in [5.74, 6) is 0.829. The molecule has 0 unspecified atom stereocenters. The molecule has 1 aliphatic heterocycles. The standard InChI is InChI=1S/C10H20N2O/c1-2-13-6-5-12-7-10(11,8-12)9-3-4-9/h9H,2-8,11H2,1H3. The molecule has 13 heavy (non-hydrogen) atoms. The van der Waals surface area contributed by atoms with Crippen molar-refractivity contribution in [3.05, 3.63) is 0 Å². The maximum atomic E-state index is 6.22. The van der Waals surface area contributed by atoms with Crippen molar-refractivity contribution in [2.75, 3.05) is 32.8 Å². The number of likely N-dealkylation sites (tertiary alicyclic amines) is 1. The quantitative estimate of drug-likeness (QED) is 0.630. The van der Waals surface area contributed by atoms with Gasteiger partial charge in [-0.1, -0.05) is 0 Å². The normalized spacial score (nSPS) is 27.2. The Morgan fingerprint density at radius 1 is 1.46 bits per heavy atom. The van der Waals surface area contributed by atoms with E-state index < -0.39 is 0 Å². The molecule has 0 amide bonds. The fraction of sp³-hybridized carbons (Fsp3) is 1.00. The number of hydrogen-bond donors (Lipinski definition) is 1. The van der Waals surface area contributed by atoms with Crippen molar-refractivity contribution >= 4 is 0 Å². The molecule has 0 aromatic rings. The molecule has 2 fully saturated rings. The fourth-order valence-corrected chi connectivity index (χ4v) is 2.20. The molecule has 76 valence electrons. The molecule has 0 bridgehead atoms. The summed E-state index contributed by atoms with van der Waals surface area (Å²) < 4.78 is 5.30. The Balaban J connectivity index is 1.60. The van der Waals surface area contributed by atoms with E-state index in [2.05, 4.69) is 4.90 Å². The third-order valence-corrected chi connectivity index (χ3v) is 3.18. The Morgan fingerprint density at radius 2 is 2.15 bits per heavy atom. The van der Waals surface area contributed by atoms with Crippen molar-refractivity contribution in [1.82, 2.24) is 4.90 Å². The van der Waals surface area contributed by atoms with Crippen LogP contribution in [0.3, 0.4) is 0 Å². The zero-order valence-corrected chi connectivity index (χ0v) is 8.46. The molecule has 1 heterocycles. The van der Waals surface area contributed by atoms with Gasteiger partial charge in [-0.25, -0.2) is 0 Å². The van der Waals surface area contributed by atoms with Crippen LogP contribution in [0.4, 0.5) is 0 Å². The summed E-state index contributed by atoms with van der Waals surface area (Å²) in [4.78, 5) is 2.40. The minimum Gasteiger partial charge on any atom is -0.380 e. The summed E-state index contributed by atoms with van der Waals surface area (Å²) >= 11 is 0. The van der Waals surface area contributed by atoms with E-state index in [0.717, 1.165) is 38.8 Å². The van der Waals surface area contributed by atoms with Crippen LogP contribution in [0.5, 0.6) is 0 Å². The molecule has 1 saturated heterocycles. The average Bonchev–Trinajstić information content (AvgIpc) is 2.83. The van der Waals surface area contributed by atoms with Gasteiger partial charge >= 0.3 is 0 Å². The number of nitrogens with zero attached hydrogens (tertiary/aromatic N) is 1. The third-order valence-electron chi connectivity index (χ3n) is 3.18. The second-order valence-electron chi connectivity index (χ2n) is 4.42. The van der Waals surface area contributed by atoms with E-state index in [1.54, 1.807) is 0 Å². The predicted molar refractivity (Wildman–Crippen MR) is 52.6 cm³/mol. The zero-order valence-electron chi connectivity index (χ0n) is 8.46. The lowest BCUT2D eigenvalue weighted by molar-refractivity contribution is 0.0243. The third kappa shape index (κ3) is 2.03. The lowest BCUT2D eigenvalue weighted by Crippen LogP contribution is -2.68. The van der Waals surface area contributed by atoms with E-state index in [4.69, 9.17) is 10.5 Å². The Labute approximate surface area is 80.2 Å². The average molecular weight is 184 g/mol. The highest BCUT2D eigenvalue weighted by molar-refractivity contribution is 5.08. The lowest BCUT2D eigenvalue weighted by Gasteiger charge is -2.48. The molecule has 0 radical (unpaired) electrons. The molecule has 3 nitrogen and oxygen atoms in total. The van der Waals surface area contributed by atoms with Crippen LogP contribution in [0.25, 0.3) is 0 Å². The molecule has 2 N–H and O–H groups in total. The highest BCUT2D eigenvalue weighted by Crippen LogP contribution is 2.42. The van der Waals surface area contributed by atoms with E-state index in [1.807, 2.05) is 6.92 Å². The summed E-state index contributed by atoms with van der Waals surface area (Å²) in [6, 6.07) is 0. The number of rotatable bonds is 5. The summed E-state index contributed by atoms with van der Waals surface area (Å²) in [6.07, 6.45) is 2.71. The van der Waals surface area contributed by atoms with Gasteiger partial charge in [-0.15, -0.1) is 0 Å². The molecular formula is C10H20N2O. The van der Waals surface area contributed by atoms with Gasteiger partial charge < -0.3 is 10.5 Å². The Kier molecular flexibility index (Phi) is 2.58. The van der Waals surface area contributed by atoms with Crippen LogP contribution < -0.4 is 5.73 Å². The van der Waals surface area contributed by atoms with E-state index in [1.165, 1.54) is 12.8 Å². The molecule has 1 aliphatic carbocycles. The van der Waals surface area contributed by atoms with E-state index >= 15 is 0 Å². The number of ether oxygens (including phenoxy) is 1. The molecule has 3 heteroatoms. The summed E-state index contributed by atoms with van der Waals surface area (Å²) in [5.41, 5.74) is 6.39. The van der Waals surface area contributed by atoms with Crippen LogP contribution in [0.1, 0.15) is 19.8 Å². The largest absolute Gasteiger partial charge is 0.380 e. The second kappa shape index (κ2) is 3.56. The van der Waals surface area contributed by atoms with Gasteiger partial charge in [-0.3, -0.25) is 4.90 Å². The smallest absolute Gasteiger partial charge is 0.0593 e. The van der Waals surface area contributed by atoms with Crippen LogP contribution in [0.15, 0.2) is 0 Å². The maximum Gasteiger partial charge on any atom is 0.0593 e. The van der Waals surface area contributed by atoms with Crippen LogP contribution in [0, 0.1) is 5.92 Å². The molecule has 1 saturated carbocycles. The van der Waals surface area contributed by atoms with Gasteiger partial charge in [-0.2, -0.15) is 0 Å². The second-order valence-corrected chi connectivity index (χ2v) is 4.42. The molecule has 2 aliphatic rings. The SMILES string of the molecule is CCOCCN1CC(N)(C2CC2)C1. The molecule has 2 rings (SSSR count). The first-order valence-electron chi connectivity index (χ1n) is 5.33. The first-order chi connectivity index (χ1) is 6.24. The Hall–Kier alpha value is -0.120. The van der Waals surface area contributed by atoms with Crippen LogP contribution in [-0.2, 0) is 4.74 Å². The van der Waals surface area contributed by atoms with Gasteiger partial charge in [0.25, 0.3) is 0 Å². The molecule has 0 aromatic carbocycles. The topological polar surface area (TPSA) is 38.5 Å². The lowest BCUT2D eigenvalue weighted by atomic mass is 9.86. The van der Waals surface area contributed by atoms with E-state index in [0.29, 0.717) is 0 Å². The number of nitrogens with two attached hydrogens (primary N) is 1. The van der Waals surface area contributed by atoms with Crippen LogP contribution in [0.2, 0.25) is 0 Å². The van der Waals surface area contributed by atoms with Gasteiger partial charge in [-0.05, 0) is 25.7 Å². The first-order valence-corrected chi connectivity index (χ1v) is 5.33. The Bertz CT molecular complexity index is 174. The molecule has 0 aromatic heterocycles.